The fraction of sp³-hybridized carbons (Fsp3) is 0.438. The van der Waals surface area contributed by atoms with E-state index >= 15 is 0 Å². The molecular weight excluding hydrogens is 304 g/mol. The molecule has 1 amide bonds. The van der Waals surface area contributed by atoms with Gasteiger partial charge in [0.05, 0.1) is 19.8 Å². The molecule has 0 saturated heterocycles. The first-order valence-electron chi connectivity index (χ1n) is 7.16. The number of anilines is 1. The molecular formula is C16H21ClN2O3. The third kappa shape index (κ3) is 4.22. The molecule has 2 rings (SSSR count). The van der Waals surface area contributed by atoms with Crippen molar-refractivity contribution in [3.8, 4) is 0 Å². The summed E-state index contributed by atoms with van der Waals surface area (Å²) < 4.78 is 10.3. The van der Waals surface area contributed by atoms with Gasteiger partial charge < -0.3 is 19.3 Å². The second-order valence-electron chi connectivity index (χ2n) is 5.01. The predicted molar refractivity (Wildman–Crippen MR) is 87.2 cm³/mol. The van der Waals surface area contributed by atoms with E-state index in [1.807, 2.05) is 12.1 Å². The number of ether oxygens (including phenoxy) is 2. The standard InChI is InChI=1S/C16H21ClN2O3/c1-21-9-7-18(8-10-22-2)15-11-16(20)19(12-15)14-5-3-13(17)4-6-14/h3-6,11H,7-10,12H2,1-2H3. The molecule has 1 heterocycles. The summed E-state index contributed by atoms with van der Waals surface area (Å²) in [7, 11) is 3.34. The summed E-state index contributed by atoms with van der Waals surface area (Å²) >= 11 is 5.90. The van der Waals surface area contributed by atoms with Crippen LogP contribution in [0.2, 0.25) is 5.02 Å². The number of hydrogen-bond donors (Lipinski definition) is 0. The first-order chi connectivity index (χ1) is 10.7. The smallest absolute Gasteiger partial charge is 0.253 e. The number of halogens is 1. The molecule has 1 aliphatic heterocycles. The monoisotopic (exact) mass is 324 g/mol. The second-order valence-corrected chi connectivity index (χ2v) is 5.45. The topological polar surface area (TPSA) is 42.0 Å². The van der Waals surface area contributed by atoms with Gasteiger partial charge in [-0.1, -0.05) is 11.6 Å². The van der Waals surface area contributed by atoms with Crippen molar-refractivity contribution in [1.29, 1.82) is 0 Å². The van der Waals surface area contributed by atoms with Crippen LogP contribution in [0.15, 0.2) is 36.0 Å². The maximum atomic E-state index is 12.2. The van der Waals surface area contributed by atoms with Crippen LogP contribution in [0.25, 0.3) is 0 Å². The van der Waals surface area contributed by atoms with Crippen molar-refractivity contribution in [2.45, 2.75) is 0 Å². The summed E-state index contributed by atoms with van der Waals surface area (Å²) in [6, 6.07) is 7.28. The Hall–Kier alpha value is -1.56. The summed E-state index contributed by atoms with van der Waals surface area (Å²) in [6.07, 6.45) is 1.68. The zero-order valence-electron chi connectivity index (χ0n) is 12.9. The molecule has 0 aromatic heterocycles. The van der Waals surface area contributed by atoms with Crippen molar-refractivity contribution in [2.75, 3.05) is 52.0 Å². The van der Waals surface area contributed by atoms with E-state index in [1.165, 1.54) is 0 Å². The molecule has 0 atom stereocenters. The van der Waals surface area contributed by atoms with Crippen molar-refractivity contribution >= 4 is 23.2 Å². The number of carbonyl (C=O) groups is 1. The van der Waals surface area contributed by atoms with Gasteiger partial charge in [-0.25, -0.2) is 0 Å². The van der Waals surface area contributed by atoms with Crippen molar-refractivity contribution in [1.82, 2.24) is 4.90 Å². The van der Waals surface area contributed by atoms with Gasteiger partial charge in [0.25, 0.3) is 5.91 Å². The molecule has 1 aliphatic rings. The van der Waals surface area contributed by atoms with Gasteiger partial charge in [-0.05, 0) is 24.3 Å². The van der Waals surface area contributed by atoms with E-state index in [0.29, 0.717) is 24.8 Å². The van der Waals surface area contributed by atoms with E-state index in [0.717, 1.165) is 24.5 Å². The Morgan fingerprint density at radius 3 is 2.27 bits per heavy atom. The lowest BCUT2D eigenvalue weighted by molar-refractivity contribution is -0.113. The second kappa shape index (κ2) is 8.17. The maximum absolute atomic E-state index is 12.2. The van der Waals surface area contributed by atoms with Gasteiger partial charge in [0, 0.05) is 49.8 Å². The van der Waals surface area contributed by atoms with Crippen LogP contribution in [0.1, 0.15) is 0 Å². The average molecular weight is 325 g/mol. The number of rotatable bonds is 8. The molecule has 0 fully saturated rings. The number of hydrogen-bond acceptors (Lipinski definition) is 4. The number of benzene rings is 1. The highest BCUT2D eigenvalue weighted by Crippen LogP contribution is 2.24. The Labute approximate surface area is 136 Å². The highest BCUT2D eigenvalue weighted by Gasteiger charge is 2.26. The van der Waals surface area contributed by atoms with Crippen LogP contribution in [0.5, 0.6) is 0 Å². The molecule has 0 bridgehead atoms. The molecule has 22 heavy (non-hydrogen) atoms. The summed E-state index contributed by atoms with van der Waals surface area (Å²) in [6.45, 7) is 3.22. The molecule has 0 radical (unpaired) electrons. The molecule has 0 spiro atoms. The Morgan fingerprint density at radius 2 is 1.73 bits per heavy atom. The number of carbonyl (C=O) groups excluding carboxylic acids is 1. The summed E-state index contributed by atoms with van der Waals surface area (Å²) in [5, 5.41) is 0.658. The van der Waals surface area contributed by atoms with Crippen molar-refractivity contribution < 1.29 is 14.3 Å². The van der Waals surface area contributed by atoms with Gasteiger partial charge >= 0.3 is 0 Å². The first kappa shape index (κ1) is 16.8. The van der Waals surface area contributed by atoms with Crippen molar-refractivity contribution in [3.05, 3.63) is 41.1 Å². The van der Waals surface area contributed by atoms with Crippen molar-refractivity contribution in [3.63, 3.8) is 0 Å². The van der Waals surface area contributed by atoms with Crippen LogP contribution in [0.4, 0.5) is 5.69 Å². The fourth-order valence-electron chi connectivity index (χ4n) is 2.34. The molecule has 6 heteroatoms. The van der Waals surface area contributed by atoms with Crippen LogP contribution >= 0.6 is 11.6 Å². The fourth-order valence-corrected chi connectivity index (χ4v) is 2.46. The lowest BCUT2D eigenvalue weighted by atomic mass is 10.3. The van der Waals surface area contributed by atoms with Crippen LogP contribution in [0, 0.1) is 0 Å². The Kier molecular flexibility index (Phi) is 6.24. The zero-order valence-corrected chi connectivity index (χ0v) is 13.7. The Morgan fingerprint density at radius 1 is 1.14 bits per heavy atom. The minimum atomic E-state index is -0.0165. The van der Waals surface area contributed by atoms with E-state index in [2.05, 4.69) is 4.90 Å². The van der Waals surface area contributed by atoms with Crippen LogP contribution in [0.3, 0.4) is 0 Å². The highest BCUT2D eigenvalue weighted by atomic mass is 35.5. The third-order valence-electron chi connectivity index (χ3n) is 3.55. The molecule has 0 saturated carbocycles. The molecule has 0 N–H and O–H groups in total. The maximum Gasteiger partial charge on any atom is 0.253 e. The highest BCUT2D eigenvalue weighted by molar-refractivity contribution is 6.30. The molecule has 0 unspecified atom stereocenters. The van der Waals surface area contributed by atoms with Gasteiger partial charge in [0.2, 0.25) is 0 Å². The van der Waals surface area contributed by atoms with E-state index in [4.69, 9.17) is 21.1 Å². The third-order valence-corrected chi connectivity index (χ3v) is 3.80. The van der Waals surface area contributed by atoms with E-state index < -0.39 is 0 Å². The predicted octanol–water partition coefficient (Wildman–Crippen LogP) is 2.17. The number of nitrogens with zero attached hydrogens (tertiary/aromatic N) is 2. The number of amides is 1. The lowest BCUT2D eigenvalue weighted by Gasteiger charge is -2.26. The van der Waals surface area contributed by atoms with Gasteiger partial charge in [0.15, 0.2) is 0 Å². The minimum Gasteiger partial charge on any atom is -0.383 e. The number of methoxy groups -OCH3 is 2. The average Bonchev–Trinajstić information content (AvgIpc) is 2.90. The first-order valence-corrected chi connectivity index (χ1v) is 7.54. The van der Waals surface area contributed by atoms with Crippen LogP contribution in [-0.4, -0.2) is 57.9 Å². The minimum absolute atomic E-state index is 0.0165. The van der Waals surface area contributed by atoms with E-state index in [9.17, 15) is 4.79 Å². The van der Waals surface area contributed by atoms with Gasteiger partial charge in [-0.15, -0.1) is 0 Å². The van der Waals surface area contributed by atoms with Crippen LogP contribution in [-0.2, 0) is 14.3 Å². The van der Waals surface area contributed by atoms with Crippen molar-refractivity contribution in [2.24, 2.45) is 0 Å². The van der Waals surface area contributed by atoms with E-state index in [-0.39, 0.29) is 5.91 Å². The summed E-state index contributed by atoms with van der Waals surface area (Å²) in [5.41, 5.74) is 1.83. The Bertz CT molecular complexity index is 523. The zero-order chi connectivity index (χ0) is 15.9. The molecule has 0 aliphatic carbocycles. The summed E-state index contributed by atoms with van der Waals surface area (Å²) in [5.74, 6) is -0.0165. The van der Waals surface area contributed by atoms with E-state index in [1.54, 1.807) is 37.3 Å². The normalized spacial score (nSPS) is 14.4. The summed E-state index contributed by atoms with van der Waals surface area (Å²) in [4.78, 5) is 16.1. The SMILES string of the molecule is COCCN(CCOC)C1=CC(=O)N(c2ccc(Cl)cc2)C1. The largest absolute Gasteiger partial charge is 0.383 e. The quantitative estimate of drug-likeness (QED) is 0.735. The van der Waals surface area contributed by atoms with Gasteiger partial charge in [-0.2, -0.15) is 0 Å². The molecule has 1 aromatic carbocycles. The molecule has 120 valence electrons. The molecule has 1 aromatic rings. The van der Waals surface area contributed by atoms with Gasteiger partial charge in [-0.3, -0.25) is 4.79 Å². The van der Waals surface area contributed by atoms with Crippen LogP contribution < -0.4 is 4.90 Å². The Balaban J connectivity index is 2.06. The molecule has 5 nitrogen and oxygen atoms in total. The lowest BCUT2D eigenvalue weighted by Crippen LogP contribution is -2.33. The van der Waals surface area contributed by atoms with Gasteiger partial charge in [0.1, 0.15) is 0 Å².